The molecule has 1 saturated heterocycles. The summed E-state index contributed by atoms with van der Waals surface area (Å²) in [4.78, 5) is 13.9. The summed E-state index contributed by atoms with van der Waals surface area (Å²) in [6, 6.07) is 20.5. The first-order chi connectivity index (χ1) is 15.4. The lowest BCUT2D eigenvalue weighted by atomic mass is 10.1. The number of ether oxygens (including phenoxy) is 1. The highest BCUT2D eigenvalue weighted by Gasteiger charge is 2.21. The number of hydrogen-bond donors (Lipinski definition) is 1. The summed E-state index contributed by atoms with van der Waals surface area (Å²) < 4.78 is 33.8. The Morgan fingerprint density at radius 3 is 2.25 bits per heavy atom. The summed E-state index contributed by atoms with van der Waals surface area (Å²) in [6.45, 7) is 1.05. The largest absolute Gasteiger partial charge is 0.489 e. The van der Waals surface area contributed by atoms with Crippen LogP contribution in [-0.4, -0.2) is 20.9 Å². The number of sulfonamides is 1. The summed E-state index contributed by atoms with van der Waals surface area (Å²) in [6.07, 6.45) is 2.38. The third-order valence-corrected chi connectivity index (χ3v) is 6.86. The number of benzene rings is 3. The van der Waals surface area contributed by atoms with Gasteiger partial charge < -0.3 is 9.64 Å². The fourth-order valence-electron chi connectivity index (χ4n) is 3.46. The van der Waals surface area contributed by atoms with Crippen molar-refractivity contribution in [3.63, 3.8) is 0 Å². The second-order valence-electron chi connectivity index (χ2n) is 7.54. The minimum atomic E-state index is -3.75. The Kier molecular flexibility index (Phi) is 6.67. The number of carbonyl (C=O) groups excluding carboxylic acids is 1. The summed E-state index contributed by atoms with van der Waals surface area (Å²) in [5, 5.41) is 0.667. The maximum Gasteiger partial charge on any atom is 0.261 e. The third kappa shape index (κ3) is 5.41. The molecule has 4 rings (SSSR count). The van der Waals surface area contributed by atoms with Gasteiger partial charge in [0.2, 0.25) is 5.91 Å². The minimum Gasteiger partial charge on any atom is -0.489 e. The third-order valence-electron chi connectivity index (χ3n) is 5.21. The predicted molar refractivity (Wildman–Crippen MR) is 126 cm³/mol. The van der Waals surface area contributed by atoms with Crippen LogP contribution < -0.4 is 14.4 Å². The second-order valence-corrected chi connectivity index (χ2v) is 9.66. The van der Waals surface area contributed by atoms with Crippen LogP contribution in [0.2, 0.25) is 5.02 Å². The first-order valence-corrected chi connectivity index (χ1v) is 12.2. The van der Waals surface area contributed by atoms with E-state index in [1.807, 2.05) is 12.1 Å². The van der Waals surface area contributed by atoms with Crippen LogP contribution in [0.25, 0.3) is 0 Å². The van der Waals surface area contributed by atoms with Gasteiger partial charge in [-0.1, -0.05) is 23.7 Å². The molecule has 0 radical (unpaired) electrons. The van der Waals surface area contributed by atoms with Crippen molar-refractivity contribution >= 4 is 38.9 Å². The predicted octanol–water partition coefficient (Wildman–Crippen LogP) is 5.24. The van der Waals surface area contributed by atoms with Crippen LogP contribution in [-0.2, 0) is 21.4 Å². The highest BCUT2D eigenvalue weighted by Crippen LogP contribution is 2.25. The molecule has 1 heterocycles. The van der Waals surface area contributed by atoms with Gasteiger partial charge in [-0.05, 0) is 79.1 Å². The number of piperidine rings is 1. The van der Waals surface area contributed by atoms with E-state index in [1.54, 1.807) is 53.4 Å². The lowest BCUT2D eigenvalue weighted by Gasteiger charge is -2.26. The van der Waals surface area contributed by atoms with Crippen LogP contribution in [0.1, 0.15) is 24.8 Å². The molecule has 0 aliphatic carbocycles. The van der Waals surface area contributed by atoms with Gasteiger partial charge in [0.25, 0.3) is 10.0 Å². The lowest BCUT2D eigenvalue weighted by molar-refractivity contribution is -0.119. The van der Waals surface area contributed by atoms with Crippen LogP contribution in [0.4, 0.5) is 11.4 Å². The Morgan fingerprint density at radius 1 is 0.906 bits per heavy atom. The fraction of sp³-hybridized carbons (Fsp3) is 0.208. The minimum absolute atomic E-state index is 0.0725. The highest BCUT2D eigenvalue weighted by molar-refractivity contribution is 7.92. The quantitative estimate of drug-likeness (QED) is 0.512. The standard InChI is InChI=1S/C24H23ClN2O4S/c25-19-6-4-18(5-7-19)17-31-22-12-8-20(9-13-22)26-32(29,30)23-14-10-21(11-15-23)27-16-2-1-3-24(27)28/h4-15,26H,1-3,16-17H2. The van der Waals surface area contributed by atoms with Crippen LogP contribution in [0, 0.1) is 0 Å². The van der Waals surface area contributed by atoms with Crippen molar-refractivity contribution in [1.29, 1.82) is 0 Å². The van der Waals surface area contributed by atoms with Gasteiger partial charge in [0, 0.05) is 29.4 Å². The van der Waals surface area contributed by atoms with E-state index in [0.717, 1.165) is 24.1 Å². The number of carbonyl (C=O) groups is 1. The average Bonchev–Trinajstić information content (AvgIpc) is 2.80. The van der Waals surface area contributed by atoms with Gasteiger partial charge in [-0.15, -0.1) is 0 Å². The van der Waals surface area contributed by atoms with Crippen molar-refractivity contribution in [3.8, 4) is 5.75 Å². The summed E-state index contributed by atoms with van der Waals surface area (Å²) in [5.74, 6) is 0.696. The Bertz CT molecular complexity index is 1180. The van der Waals surface area contributed by atoms with E-state index < -0.39 is 10.0 Å². The Hall–Kier alpha value is -3.03. The van der Waals surface area contributed by atoms with E-state index in [9.17, 15) is 13.2 Å². The molecule has 6 nitrogen and oxygen atoms in total. The van der Waals surface area contributed by atoms with E-state index in [2.05, 4.69) is 4.72 Å². The van der Waals surface area contributed by atoms with Gasteiger partial charge in [-0.3, -0.25) is 9.52 Å². The van der Waals surface area contributed by atoms with Crippen molar-refractivity contribution in [3.05, 3.63) is 83.4 Å². The van der Waals surface area contributed by atoms with Crippen molar-refractivity contribution < 1.29 is 17.9 Å². The summed E-state index contributed by atoms with van der Waals surface area (Å²) >= 11 is 5.88. The zero-order chi connectivity index (χ0) is 22.6. The van der Waals surface area contributed by atoms with Gasteiger partial charge in [0.1, 0.15) is 12.4 Å². The topological polar surface area (TPSA) is 75.7 Å². The van der Waals surface area contributed by atoms with Gasteiger partial charge in [-0.2, -0.15) is 0 Å². The molecule has 8 heteroatoms. The average molecular weight is 471 g/mol. The number of rotatable bonds is 7. The smallest absolute Gasteiger partial charge is 0.261 e. The summed E-state index contributed by atoms with van der Waals surface area (Å²) in [5.41, 5.74) is 2.13. The van der Waals surface area contributed by atoms with Crippen molar-refractivity contribution in [1.82, 2.24) is 0 Å². The Balaban J connectivity index is 1.38. The zero-order valence-electron chi connectivity index (χ0n) is 17.3. The van der Waals surface area contributed by atoms with Gasteiger partial charge in [-0.25, -0.2) is 8.42 Å². The number of halogens is 1. The first-order valence-electron chi connectivity index (χ1n) is 10.3. The monoisotopic (exact) mass is 470 g/mol. The molecule has 1 N–H and O–H groups in total. The molecule has 1 amide bonds. The van der Waals surface area contributed by atoms with Crippen LogP contribution in [0.15, 0.2) is 77.7 Å². The fourth-order valence-corrected chi connectivity index (χ4v) is 4.65. The normalized spacial score (nSPS) is 14.3. The zero-order valence-corrected chi connectivity index (χ0v) is 18.9. The van der Waals surface area contributed by atoms with Gasteiger partial charge in [0.05, 0.1) is 4.90 Å². The number of nitrogens with zero attached hydrogens (tertiary/aromatic N) is 1. The van der Waals surface area contributed by atoms with E-state index in [1.165, 1.54) is 12.1 Å². The first kappa shape index (κ1) is 22.2. The molecule has 1 aliphatic heterocycles. The molecule has 0 spiro atoms. The number of nitrogens with one attached hydrogen (secondary N) is 1. The van der Waals surface area contributed by atoms with E-state index in [4.69, 9.17) is 16.3 Å². The van der Waals surface area contributed by atoms with Crippen molar-refractivity contribution in [2.24, 2.45) is 0 Å². The van der Waals surface area contributed by atoms with Crippen molar-refractivity contribution in [2.75, 3.05) is 16.2 Å². The van der Waals surface area contributed by atoms with Gasteiger partial charge >= 0.3 is 0 Å². The van der Waals surface area contributed by atoms with E-state index in [0.29, 0.717) is 36.0 Å². The molecule has 0 unspecified atom stereocenters. The molecular formula is C24H23ClN2O4S. The van der Waals surface area contributed by atoms with Crippen LogP contribution in [0.5, 0.6) is 5.75 Å². The molecule has 3 aromatic rings. The van der Waals surface area contributed by atoms with Crippen molar-refractivity contribution in [2.45, 2.75) is 30.8 Å². The summed E-state index contributed by atoms with van der Waals surface area (Å²) in [7, 11) is -3.75. The van der Waals surface area contributed by atoms with Crippen LogP contribution in [0.3, 0.4) is 0 Å². The highest BCUT2D eigenvalue weighted by atomic mass is 35.5. The number of hydrogen-bond acceptors (Lipinski definition) is 4. The Labute approximate surface area is 192 Å². The molecule has 0 bridgehead atoms. The molecule has 166 valence electrons. The van der Waals surface area contributed by atoms with Crippen LogP contribution >= 0.6 is 11.6 Å². The van der Waals surface area contributed by atoms with Gasteiger partial charge in [0.15, 0.2) is 0 Å². The molecule has 0 saturated carbocycles. The maximum atomic E-state index is 12.7. The number of anilines is 2. The molecule has 32 heavy (non-hydrogen) atoms. The molecule has 0 atom stereocenters. The molecule has 0 aromatic heterocycles. The maximum absolute atomic E-state index is 12.7. The molecule has 1 fully saturated rings. The molecular weight excluding hydrogens is 448 g/mol. The van der Waals surface area contributed by atoms with E-state index in [-0.39, 0.29) is 10.8 Å². The molecule has 1 aliphatic rings. The SMILES string of the molecule is O=C1CCCCN1c1ccc(S(=O)(=O)Nc2ccc(OCc3ccc(Cl)cc3)cc2)cc1. The second kappa shape index (κ2) is 9.63. The van der Waals surface area contributed by atoms with E-state index >= 15 is 0 Å². The number of amides is 1. The molecule has 3 aromatic carbocycles. The lowest BCUT2D eigenvalue weighted by Crippen LogP contribution is -2.35. The Morgan fingerprint density at radius 2 is 1.59 bits per heavy atom.